The molecule has 2 aliphatic rings. The number of amides is 1. The molecule has 6 heteroatoms. The van der Waals surface area contributed by atoms with Crippen LogP contribution in [0.2, 0.25) is 0 Å². The first-order chi connectivity index (χ1) is 15.8. The van der Waals surface area contributed by atoms with Gasteiger partial charge in [0.1, 0.15) is 5.82 Å². The third kappa shape index (κ3) is 5.04. The highest BCUT2D eigenvalue weighted by Gasteiger charge is 2.34. The third-order valence-corrected chi connectivity index (χ3v) is 6.89. The third-order valence-electron chi connectivity index (χ3n) is 6.89. The van der Waals surface area contributed by atoms with Gasteiger partial charge in [-0.3, -0.25) is 4.79 Å². The first-order valence-electron chi connectivity index (χ1n) is 12.0. The maximum atomic E-state index is 13.9. The van der Waals surface area contributed by atoms with Gasteiger partial charge >= 0.3 is 0 Å². The number of rotatable bonds is 5. The number of nitrogens with one attached hydrogen (secondary N) is 1. The number of hydrogen-bond donors (Lipinski definition) is 1. The van der Waals surface area contributed by atoms with Crippen molar-refractivity contribution >= 4 is 23.1 Å². The molecule has 0 atom stereocenters. The largest absolute Gasteiger partial charge is 0.379 e. The molecular weight excluding hydrogens is 412 g/mol. The van der Waals surface area contributed by atoms with E-state index >= 15 is 0 Å². The van der Waals surface area contributed by atoms with E-state index in [0.717, 1.165) is 60.6 Å². The monoisotopic (exact) mass is 446 g/mol. The molecule has 1 saturated carbocycles. The second kappa shape index (κ2) is 9.52. The number of benzene rings is 1. The summed E-state index contributed by atoms with van der Waals surface area (Å²) < 4.78 is 5.81. The van der Waals surface area contributed by atoms with E-state index in [2.05, 4.69) is 30.2 Å². The van der Waals surface area contributed by atoms with Crippen LogP contribution in [0.5, 0.6) is 0 Å². The maximum absolute atomic E-state index is 13.9. The molecule has 0 radical (unpaired) electrons. The van der Waals surface area contributed by atoms with Crippen LogP contribution in [0.3, 0.4) is 0 Å². The van der Waals surface area contributed by atoms with Crippen molar-refractivity contribution in [3.8, 4) is 6.07 Å². The van der Waals surface area contributed by atoms with Gasteiger partial charge in [0.2, 0.25) is 5.91 Å². The number of carbonyl (C=O) groups is 1. The summed E-state index contributed by atoms with van der Waals surface area (Å²) in [6.45, 7) is 9.18. The Labute approximate surface area is 197 Å². The fourth-order valence-electron chi connectivity index (χ4n) is 4.70. The number of hydrogen-bond acceptors (Lipinski definition) is 5. The first kappa shape index (κ1) is 23.3. The molecule has 0 saturated heterocycles. The van der Waals surface area contributed by atoms with Crippen LogP contribution in [0.15, 0.2) is 36.5 Å². The Morgan fingerprint density at radius 3 is 2.73 bits per heavy atom. The van der Waals surface area contributed by atoms with E-state index in [1.807, 2.05) is 49.1 Å². The number of pyridine rings is 1. The van der Waals surface area contributed by atoms with Crippen LogP contribution in [0.4, 0.5) is 17.2 Å². The lowest BCUT2D eigenvalue weighted by molar-refractivity contribution is -0.124. The quantitative estimate of drug-likeness (QED) is 0.637. The highest BCUT2D eigenvalue weighted by Crippen LogP contribution is 2.40. The van der Waals surface area contributed by atoms with Crippen LogP contribution in [-0.2, 0) is 21.5 Å². The molecule has 0 unspecified atom stereocenters. The fourth-order valence-corrected chi connectivity index (χ4v) is 4.70. The first-order valence-corrected chi connectivity index (χ1v) is 12.0. The summed E-state index contributed by atoms with van der Waals surface area (Å²) in [4.78, 5) is 20.3. The SMILES string of the molecule is CC(C)OCC1CCC(C(=O)N2Cc3cccnc3Nc3ccc(C(C)(C)C#N)cc32)CC1. The molecule has 33 heavy (non-hydrogen) atoms. The van der Waals surface area contributed by atoms with E-state index in [0.29, 0.717) is 12.5 Å². The molecule has 1 aromatic heterocycles. The van der Waals surface area contributed by atoms with E-state index in [1.165, 1.54) is 0 Å². The van der Waals surface area contributed by atoms with Gasteiger partial charge in [0.05, 0.1) is 35.5 Å². The number of nitrogens with zero attached hydrogens (tertiary/aromatic N) is 3. The number of aromatic nitrogens is 1. The average Bonchev–Trinajstić information content (AvgIpc) is 2.99. The van der Waals surface area contributed by atoms with Gasteiger partial charge in [0.15, 0.2) is 0 Å². The zero-order valence-electron chi connectivity index (χ0n) is 20.1. The molecule has 1 amide bonds. The minimum absolute atomic E-state index is 0.000922. The number of ether oxygens (including phenoxy) is 1. The summed E-state index contributed by atoms with van der Waals surface area (Å²) in [6.07, 6.45) is 5.80. The van der Waals surface area contributed by atoms with Crippen molar-refractivity contribution in [1.29, 1.82) is 5.26 Å². The summed E-state index contributed by atoms with van der Waals surface area (Å²) >= 11 is 0. The Bertz CT molecular complexity index is 1050. The molecule has 174 valence electrons. The molecule has 1 N–H and O–H groups in total. The molecule has 0 spiro atoms. The Morgan fingerprint density at radius 1 is 1.27 bits per heavy atom. The van der Waals surface area contributed by atoms with Gasteiger partial charge in [0.25, 0.3) is 0 Å². The highest BCUT2D eigenvalue weighted by molar-refractivity contribution is 5.99. The molecule has 6 nitrogen and oxygen atoms in total. The summed E-state index contributed by atoms with van der Waals surface area (Å²) in [5.41, 5.74) is 2.91. The summed E-state index contributed by atoms with van der Waals surface area (Å²) in [7, 11) is 0. The van der Waals surface area contributed by atoms with Crippen molar-refractivity contribution in [3.05, 3.63) is 47.7 Å². The molecule has 4 rings (SSSR count). The van der Waals surface area contributed by atoms with Crippen LogP contribution in [0.1, 0.15) is 64.5 Å². The molecular formula is C27H34N4O2. The molecule has 1 aliphatic heterocycles. The van der Waals surface area contributed by atoms with Crippen molar-refractivity contribution < 1.29 is 9.53 Å². The summed E-state index contributed by atoms with van der Waals surface area (Å²) in [5, 5.41) is 13.1. The van der Waals surface area contributed by atoms with Crippen molar-refractivity contribution in [2.75, 3.05) is 16.8 Å². The molecule has 1 fully saturated rings. The van der Waals surface area contributed by atoms with Gasteiger partial charge < -0.3 is 15.0 Å². The van der Waals surface area contributed by atoms with E-state index in [4.69, 9.17) is 4.74 Å². The van der Waals surface area contributed by atoms with Crippen molar-refractivity contribution in [1.82, 2.24) is 4.98 Å². The van der Waals surface area contributed by atoms with Gasteiger partial charge in [0, 0.05) is 24.3 Å². The zero-order chi connectivity index (χ0) is 23.6. The second-order valence-electron chi connectivity index (χ2n) is 10.1. The lowest BCUT2D eigenvalue weighted by Crippen LogP contribution is -2.38. The van der Waals surface area contributed by atoms with E-state index in [1.54, 1.807) is 6.20 Å². The minimum atomic E-state index is -0.643. The van der Waals surface area contributed by atoms with Crippen LogP contribution >= 0.6 is 0 Å². The smallest absolute Gasteiger partial charge is 0.230 e. The fraction of sp³-hybridized carbons (Fsp3) is 0.519. The van der Waals surface area contributed by atoms with Gasteiger partial charge in [-0.1, -0.05) is 12.1 Å². The number of carbonyl (C=O) groups excluding carboxylic acids is 1. The van der Waals surface area contributed by atoms with Crippen LogP contribution in [0, 0.1) is 23.2 Å². The molecule has 2 aromatic rings. The van der Waals surface area contributed by atoms with E-state index in [9.17, 15) is 10.1 Å². The molecule has 1 aliphatic carbocycles. The molecule has 1 aromatic carbocycles. The highest BCUT2D eigenvalue weighted by atomic mass is 16.5. The maximum Gasteiger partial charge on any atom is 0.230 e. The second-order valence-corrected chi connectivity index (χ2v) is 10.1. The van der Waals surface area contributed by atoms with Crippen molar-refractivity contribution in [2.24, 2.45) is 11.8 Å². The van der Waals surface area contributed by atoms with Gasteiger partial charge in [-0.15, -0.1) is 0 Å². The van der Waals surface area contributed by atoms with Gasteiger partial charge in [-0.2, -0.15) is 5.26 Å². The summed E-state index contributed by atoms with van der Waals surface area (Å²) in [6, 6.07) is 12.2. The van der Waals surface area contributed by atoms with Crippen molar-refractivity contribution in [3.63, 3.8) is 0 Å². The Balaban J connectivity index is 1.62. The average molecular weight is 447 g/mol. The Morgan fingerprint density at radius 2 is 2.03 bits per heavy atom. The van der Waals surface area contributed by atoms with E-state index < -0.39 is 5.41 Å². The number of fused-ring (bicyclic) bond motifs is 2. The number of nitriles is 1. The lowest BCUT2D eigenvalue weighted by atomic mass is 9.81. The molecule has 2 heterocycles. The van der Waals surface area contributed by atoms with E-state index in [-0.39, 0.29) is 17.9 Å². The van der Waals surface area contributed by atoms with Crippen LogP contribution < -0.4 is 10.2 Å². The number of anilines is 3. The van der Waals surface area contributed by atoms with Crippen molar-refractivity contribution in [2.45, 2.75) is 71.4 Å². The van der Waals surface area contributed by atoms with Crippen LogP contribution in [-0.4, -0.2) is 23.6 Å². The predicted octanol–water partition coefficient (Wildman–Crippen LogP) is 5.70. The summed E-state index contributed by atoms with van der Waals surface area (Å²) in [5.74, 6) is 1.46. The Kier molecular flexibility index (Phi) is 6.71. The Hall–Kier alpha value is -2.91. The topological polar surface area (TPSA) is 78.2 Å². The minimum Gasteiger partial charge on any atom is -0.379 e. The van der Waals surface area contributed by atoms with Crippen LogP contribution in [0.25, 0.3) is 0 Å². The predicted molar refractivity (Wildman–Crippen MR) is 130 cm³/mol. The zero-order valence-corrected chi connectivity index (χ0v) is 20.1. The lowest BCUT2D eigenvalue weighted by Gasteiger charge is -2.33. The molecule has 0 bridgehead atoms. The van der Waals surface area contributed by atoms with Gasteiger partial charge in [-0.25, -0.2) is 4.98 Å². The normalized spacial score (nSPS) is 20.3. The van der Waals surface area contributed by atoms with Gasteiger partial charge in [-0.05, 0) is 83.1 Å². The standard InChI is InChI=1S/C27H34N4O2/c1-18(2)33-16-19-7-9-20(10-8-19)26(32)31-15-21-6-5-13-29-25(21)30-23-12-11-22(14-24(23)31)27(3,4)17-28/h5-6,11-14,18-20H,7-10,15-16H2,1-4H3,(H,29,30).